The molecule has 0 unspecified atom stereocenters. The molecule has 1 fully saturated rings. The van der Waals surface area contributed by atoms with E-state index in [2.05, 4.69) is 0 Å². The Morgan fingerprint density at radius 2 is 2.05 bits per heavy atom. The van der Waals surface area contributed by atoms with Crippen LogP contribution in [0.2, 0.25) is 0 Å². The number of benzene rings is 1. The van der Waals surface area contributed by atoms with Crippen LogP contribution < -0.4 is 14.4 Å². The fourth-order valence-electron chi connectivity index (χ4n) is 2.16. The van der Waals surface area contributed by atoms with Gasteiger partial charge in [-0.3, -0.25) is 9.59 Å². The molecule has 0 N–H and O–H groups in total. The number of imide groups is 1. The molecule has 1 saturated heterocycles. The van der Waals surface area contributed by atoms with Gasteiger partial charge in [0, 0.05) is 12.5 Å². The van der Waals surface area contributed by atoms with Gasteiger partial charge >= 0.3 is 0 Å². The Balaban J connectivity index is 2.36. The summed E-state index contributed by atoms with van der Waals surface area (Å²) in [6.45, 7) is 1.97. The van der Waals surface area contributed by atoms with Gasteiger partial charge in [0.15, 0.2) is 0 Å². The van der Waals surface area contributed by atoms with Crippen LogP contribution in [0.5, 0.6) is 11.5 Å². The summed E-state index contributed by atoms with van der Waals surface area (Å²) in [5.41, 5.74) is 0.475. The van der Waals surface area contributed by atoms with E-state index in [0.29, 0.717) is 17.2 Å². The number of ether oxygens (including phenoxy) is 2. The lowest BCUT2D eigenvalue weighted by molar-refractivity contribution is -0.121. The first kappa shape index (κ1) is 14.7. The molecule has 0 bridgehead atoms. The van der Waals surface area contributed by atoms with Crippen molar-refractivity contribution < 1.29 is 19.1 Å². The van der Waals surface area contributed by atoms with Gasteiger partial charge in [0.1, 0.15) is 11.5 Å². The Morgan fingerprint density at radius 1 is 1.30 bits per heavy atom. The van der Waals surface area contributed by atoms with Gasteiger partial charge in [0.05, 0.1) is 25.2 Å². The van der Waals surface area contributed by atoms with E-state index in [4.69, 9.17) is 9.47 Å². The quantitative estimate of drug-likeness (QED) is 0.779. The first-order chi connectivity index (χ1) is 9.62. The molecule has 6 heteroatoms. The Hall–Kier alpha value is -1.69. The Kier molecular flexibility index (Phi) is 4.54. The van der Waals surface area contributed by atoms with Crippen LogP contribution >= 0.6 is 11.8 Å². The molecule has 5 nitrogen and oxygen atoms in total. The molecule has 0 radical (unpaired) electrons. The number of hydrogen-bond donors (Lipinski definition) is 0. The van der Waals surface area contributed by atoms with E-state index in [1.807, 2.05) is 6.92 Å². The summed E-state index contributed by atoms with van der Waals surface area (Å²) in [5.74, 6) is 1.50. The predicted octanol–water partition coefficient (Wildman–Crippen LogP) is 2.09. The van der Waals surface area contributed by atoms with E-state index >= 15 is 0 Å². The number of amides is 2. The Bertz CT molecular complexity index is 532. The van der Waals surface area contributed by atoms with Crippen LogP contribution in [-0.2, 0) is 9.59 Å². The van der Waals surface area contributed by atoms with Gasteiger partial charge in [-0.1, -0.05) is 6.92 Å². The van der Waals surface area contributed by atoms with Crippen molar-refractivity contribution in [2.75, 3.05) is 24.9 Å². The highest BCUT2D eigenvalue weighted by molar-refractivity contribution is 8.00. The molecular formula is C14H17NO4S. The van der Waals surface area contributed by atoms with Crippen molar-refractivity contribution in [1.82, 2.24) is 0 Å². The minimum Gasteiger partial charge on any atom is -0.497 e. The molecule has 1 aromatic rings. The number of carbonyl (C=O) groups excluding carboxylic acids is 2. The molecule has 0 spiro atoms. The van der Waals surface area contributed by atoms with Gasteiger partial charge in [-0.25, -0.2) is 4.90 Å². The molecule has 1 atom stereocenters. The average molecular weight is 295 g/mol. The van der Waals surface area contributed by atoms with Gasteiger partial charge < -0.3 is 9.47 Å². The van der Waals surface area contributed by atoms with Crippen molar-refractivity contribution in [3.8, 4) is 11.5 Å². The number of carbonyl (C=O) groups is 2. The monoisotopic (exact) mass is 295 g/mol. The normalized spacial score (nSPS) is 18.6. The van der Waals surface area contributed by atoms with Crippen molar-refractivity contribution in [3.63, 3.8) is 0 Å². The predicted molar refractivity (Wildman–Crippen MR) is 78.6 cm³/mol. The first-order valence-corrected chi connectivity index (χ1v) is 7.37. The van der Waals surface area contributed by atoms with Crippen molar-refractivity contribution >= 4 is 29.3 Å². The van der Waals surface area contributed by atoms with E-state index in [1.165, 1.54) is 23.8 Å². The smallest absolute Gasteiger partial charge is 0.247 e. The van der Waals surface area contributed by atoms with Crippen LogP contribution in [0.4, 0.5) is 5.69 Å². The summed E-state index contributed by atoms with van der Waals surface area (Å²) in [4.78, 5) is 25.6. The third kappa shape index (κ3) is 2.60. The molecule has 1 aliphatic heterocycles. The molecule has 0 aromatic heterocycles. The molecule has 108 valence electrons. The second kappa shape index (κ2) is 6.17. The summed E-state index contributed by atoms with van der Waals surface area (Å²) in [6.07, 6.45) is 0.243. The summed E-state index contributed by atoms with van der Waals surface area (Å²) in [7, 11) is 3.05. The summed E-state index contributed by atoms with van der Waals surface area (Å²) in [5, 5.41) is -0.292. The van der Waals surface area contributed by atoms with E-state index in [-0.39, 0.29) is 23.5 Å². The molecule has 20 heavy (non-hydrogen) atoms. The summed E-state index contributed by atoms with van der Waals surface area (Å²) >= 11 is 1.49. The zero-order valence-electron chi connectivity index (χ0n) is 11.7. The highest BCUT2D eigenvalue weighted by Crippen LogP contribution is 2.37. The van der Waals surface area contributed by atoms with E-state index in [1.54, 1.807) is 25.3 Å². The van der Waals surface area contributed by atoms with Crippen molar-refractivity contribution in [2.24, 2.45) is 0 Å². The Morgan fingerprint density at radius 3 is 2.65 bits per heavy atom. The van der Waals surface area contributed by atoms with E-state index in [9.17, 15) is 9.59 Å². The third-order valence-electron chi connectivity index (χ3n) is 3.10. The van der Waals surface area contributed by atoms with Gasteiger partial charge in [-0.15, -0.1) is 11.8 Å². The largest absolute Gasteiger partial charge is 0.497 e. The second-order valence-corrected chi connectivity index (χ2v) is 5.73. The summed E-state index contributed by atoms with van der Waals surface area (Å²) in [6, 6.07) is 5.04. The maximum absolute atomic E-state index is 12.3. The molecule has 1 aromatic carbocycles. The van der Waals surface area contributed by atoms with Crippen LogP contribution in [0.15, 0.2) is 18.2 Å². The lowest BCUT2D eigenvalue weighted by atomic mass is 10.2. The Labute approximate surface area is 122 Å². The minimum absolute atomic E-state index is 0.176. The van der Waals surface area contributed by atoms with Crippen LogP contribution in [-0.4, -0.2) is 37.0 Å². The van der Waals surface area contributed by atoms with Crippen molar-refractivity contribution in [3.05, 3.63) is 18.2 Å². The zero-order valence-corrected chi connectivity index (χ0v) is 12.5. The molecule has 2 amide bonds. The van der Waals surface area contributed by atoms with Crippen molar-refractivity contribution in [1.29, 1.82) is 0 Å². The molecule has 0 aliphatic carbocycles. The SMILES string of the molecule is CCS[C@H]1CC(=O)N(c2ccc(OC)cc2OC)C1=O. The first-order valence-electron chi connectivity index (χ1n) is 6.32. The number of hydrogen-bond acceptors (Lipinski definition) is 5. The fraction of sp³-hybridized carbons (Fsp3) is 0.429. The van der Waals surface area contributed by atoms with Crippen LogP contribution in [0, 0.1) is 0 Å². The number of anilines is 1. The highest BCUT2D eigenvalue weighted by atomic mass is 32.2. The summed E-state index contributed by atoms with van der Waals surface area (Å²) < 4.78 is 10.4. The van der Waals surface area contributed by atoms with Crippen molar-refractivity contribution in [2.45, 2.75) is 18.6 Å². The van der Waals surface area contributed by atoms with Gasteiger partial charge in [-0.2, -0.15) is 0 Å². The maximum atomic E-state index is 12.3. The van der Waals surface area contributed by atoms with E-state index < -0.39 is 0 Å². The molecule has 0 saturated carbocycles. The fourth-order valence-corrected chi connectivity index (χ4v) is 3.07. The van der Waals surface area contributed by atoms with Crippen LogP contribution in [0.25, 0.3) is 0 Å². The highest BCUT2D eigenvalue weighted by Gasteiger charge is 2.40. The molecule has 1 aliphatic rings. The maximum Gasteiger partial charge on any atom is 0.247 e. The molecule has 2 rings (SSSR count). The number of nitrogens with zero attached hydrogens (tertiary/aromatic N) is 1. The van der Waals surface area contributed by atoms with Gasteiger partial charge in [0.25, 0.3) is 0 Å². The lowest BCUT2D eigenvalue weighted by Crippen LogP contribution is -2.31. The zero-order chi connectivity index (χ0) is 14.7. The number of rotatable bonds is 5. The standard InChI is InChI=1S/C14H17NO4S/c1-4-20-12-8-13(16)15(14(12)17)10-6-5-9(18-2)7-11(10)19-3/h5-7,12H,4,8H2,1-3H3/t12-/m0/s1. The number of thioether (sulfide) groups is 1. The molecule has 1 heterocycles. The van der Waals surface area contributed by atoms with Gasteiger partial charge in [0.2, 0.25) is 11.8 Å². The minimum atomic E-state index is -0.292. The van der Waals surface area contributed by atoms with E-state index in [0.717, 1.165) is 5.75 Å². The van der Waals surface area contributed by atoms with Gasteiger partial charge in [-0.05, 0) is 17.9 Å². The number of methoxy groups -OCH3 is 2. The topological polar surface area (TPSA) is 55.8 Å². The second-order valence-electron chi connectivity index (χ2n) is 4.25. The van der Waals surface area contributed by atoms with Crippen LogP contribution in [0.3, 0.4) is 0 Å². The third-order valence-corrected chi connectivity index (χ3v) is 4.20. The molecular weight excluding hydrogens is 278 g/mol. The lowest BCUT2D eigenvalue weighted by Gasteiger charge is -2.18. The average Bonchev–Trinajstić information content (AvgIpc) is 2.73. The van der Waals surface area contributed by atoms with Crippen LogP contribution in [0.1, 0.15) is 13.3 Å².